The van der Waals surface area contributed by atoms with E-state index in [-0.39, 0.29) is 25.2 Å². The van der Waals surface area contributed by atoms with Crippen molar-refractivity contribution in [3.05, 3.63) is 109 Å². The summed E-state index contributed by atoms with van der Waals surface area (Å²) in [5, 5.41) is 0. The largest absolute Gasteiger partial charge is 0.462 e. The molecule has 0 aliphatic carbocycles. The van der Waals surface area contributed by atoms with Gasteiger partial charge in [-0.05, 0) is 89.9 Å². The molecule has 56 heavy (non-hydrogen) atoms. The van der Waals surface area contributed by atoms with Crippen molar-refractivity contribution in [3.8, 4) is 0 Å². The van der Waals surface area contributed by atoms with Crippen molar-refractivity contribution in [1.82, 2.24) is 0 Å². The van der Waals surface area contributed by atoms with Gasteiger partial charge in [0.2, 0.25) is 0 Å². The second kappa shape index (κ2) is 45.9. The van der Waals surface area contributed by atoms with E-state index in [0.29, 0.717) is 25.9 Å². The van der Waals surface area contributed by atoms with Crippen LogP contribution in [0.4, 0.5) is 0 Å². The van der Waals surface area contributed by atoms with Gasteiger partial charge in [0.1, 0.15) is 6.61 Å². The first-order chi connectivity index (χ1) is 27.6. The van der Waals surface area contributed by atoms with Gasteiger partial charge in [0.05, 0.1) is 6.61 Å². The Hall–Kier alpha value is -3.44. The van der Waals surface area contributed by atoms with E-state index in [1.807, 2.05) is 6.08 Å². The minimum atomic E-state index is -0.584. The van der Waals surface area contributed by atoms with Crippen molar-refractivity contribution in [1.29, 1.82) is 0 Å². The first kappa shape index (κ1) is 52.6. The lowest BCUT2D eigenvalue weighted by Gasteiger charge is -2.18. The molecule has 1 unspecified atom stereocenters. The Morgan fingerprint density at radius 3 is 1.34 bits per heavy atom. The third-order valence-corrected chi connectivity index (χ3v) is 8.82. The van der Waals surface area contributed by atoms with Gasteiger partial charge in [-0.2, -0.15) is 0 Å². The van der Waals surface area contributed by atoms with E-state index in [9.17, 15) is 9.59 Å². The molecule has 0 N–H and O–H groups in total. The first-order valence-electron chi connectivity index (χ1n) is 22.4. The number of hydrogen-bond acceptors (Lipinski definition) is 5. The van der Waals surface area contributed by atoms with Crippen LogP contribution in [0.3, 0.4) is 0 Å². The van der Waals surface area contributed by atoms with Gasteiger partial charge < -0.3 is 14.2 Å². The number of hydrogen-bond donors (Lipinski definition) is 0. The van der Waals surface area contributed by atoms with Gasteiger partial charge >= 0.3 is 11.9 Å². The van der Waals surface area contributed by atoms with Crippen LogP contribution in [0.25, 0.3) is 0 Å². The van der Waals surface area contributed by atoms with Crippen LogP contribution in [-0.2, 0) is 23.8 Å². The summed E-state index contributed by atoms with van der Waals surface area (Å²) >= 11 is 0. The lowest BCUT2D eigenvalue weighted by Crippen LogP contribution is -2.30. The van der Waals surface area contributed by atoms with Gasteiger partial charge in [-0.3, -0.25) is 9.59 Å². The van der Waals surface area contributed by atoms with E-state index in [2.05, 4.69) is 124 Å². The Labute approximate surface area is 344 Å². The van der Waals surface area contributed by atoms with Gasteiger partial charge in [0.25, 0.3) is 0 Å². The third kappa shape index (κ3) is 43.3. The van der Waals surface area contributed by atoms with E-state index in [1.54, 1.807) is 0 Å². The summed E-state index contributed by atoms with van der Waals surface area (Å²) in [5.74, 6) is -0.539. The van der Waals surface area contributed by atoms with E-state index in [0.717, 1.165) is 96.3 Å². The van der Waals surface area contributed by atoms with Crippen LogP contribution in [0.5, 0.6) is 0 Å². The maximum absolute atomic E-state index is 12.7. The molecule has 0 saturated carbocycles. The number of esters is 2. The highest BCUT2D eigenvalue weighted by molar-refractivity contribution is 5.70. The summed E-state index contributed by atoms with van der Waals surface area (Å²) in [4.78, 5) is 25.2. The minimum absolute atomic E-state index is 0.0277. The summed E-state index contributed by atoms with van der Waals surface area (Å²) in [6.45, 7) is 7.44. The Morgan fingerprint density at radius 1 is 0.411 bits per heavy atom. The topological polar surface area (TPSA) is 61.8 Å². The van der Waals surface area contributed by atoms with Crippen LogP contribution in [0, 0.1) is 0 Å². The molecule has 0 fully saturated rings. The van der Waals surface area contributed by atoms with E-state index in [4.69, 9.17) is 14.2 Å². The highest BCUT2D eigenvalue weighted by atomic mass is 16.6. The van der Waals surface area contributed by atoms with Crippen molar-refractivity contribution in [2.24, 2.45) is 0 Å². The van der Waals surface area contributed by atoms with Crippen LogP contribution in [-0.4, -0.2) is 37.9 Å². The molecule has 0 bridgehead atoms. The molecule has 0 saturated heterocycles. The van der Waals surface area contributed by atoms with Crippen molar-refractivity contribution in [2.75, 3.05) is 19.8 Å². The molecule has 0 heterocycles. The lowest BCUT2D eigenvalue weighted by atomic mass is 10.1. The Morgan fingerprint density at radius 2 is 0.839 bits per heavy atom. The molecule has 0 amide bonds. The zero-order valence-electron chi connectivity index (χ0n) is 36.1. The average Bonchev–Trinajstić information content (AvgIpc) is 3.20. The highest BCUT2D eigenvalue weighted by Gasteiger charge is 2.17. The van der Waals surface area contributed by atoms with Crippen LogP contribution >= 0.6 is 0 Å². The number of rotatable bonds is 39. The van der Waals surface area contributed by atoms with Crippen LogP contribution in [0.15, 0.2) is 109 Å². The normalized spacial score (nSPS) is 13.3. The zero-order chi connectivity index (χ0) is 40.7. The Kier molecular flexibility index (Phi) is 43.1. The zero-order valence-corrected chi connectivity index (χ0v) is 36.1. The maximum Gasteiger partial charge on any atom is 0.306 e. The standard InChI is InChI=1S/C51H82O5/c1-4-7-10-13-16-19-21-23-24-25-26-27-28-30-31-33-35-38-41-44-50(52)55-48-49(47-54-46-43-40-37-18-15-12-9-6-3)56-51(53)45-42-39-36-34-32-29-22-20-17-14-11-8-5-2/h7-8,10-11,16-17,19-20,23-24,26-27,29-32,35,38,49H,4-6,9,12-15,18,21-22,25,28,33-34,36-37,39-48H2,1-3H3/b10-7-,11-8-,19-16-,20-17-,24-23-,27-26-,31-30-,32-29-,38-35-. The Balaban J connectivity index is 4.38. The molecule has 0 aromatic carbocycles. The molecule has 0 spiro atoms. The third-order valence-electron chi connectivity index (χ3n) is 8.82. The molecule has 0 aliphatic heterocycles. The van der Waals surface area contributed by atoms with Crippen molar-refractivity contribution >= 4 is 11.9 Å². The van der Waals surface area contributed by atoms with Crippen molar-refractivity contribution in [3.63, 3.8) is 0 Å². The van der Waals surface area contributed by atoms with Gasteiger partial charge in [0.15, 0.2) is 6.10 Å². The van der Waals surface area contributed by atoms with Gasteiger partial charge in [-0.25, -0.2) is 0 Å². The molecule has 0 aromatic rings. The predicted molar refractivity (Wildman–Crippen MR) is 242 cm³/mol. The predicted octanol–water partition coefficient (Wildman–Crippen LogP) is 14.9. The van der Waals surface area contributed by atoms with Gasteiger partial charge in [-0.1, -0.05) is 182 Å². The van der Waals surface area contributed by atoms with Crippen molar-refractivity contribution in [2.45, 2.75) is 181 Å². The highest BCUT2D eigenvalue weighted by Crippen LogP contribution is 2.10. The molecule has 5 nitrogen and oxygen atoms in total. The fourth-order valence-corrected chi connectivity index (χ4v) is 5.55. The average molecular weight is 775 g/mol. The molecule has 0 rings (SSSR count). The lowest BCUT2D eigenvalue weighted by molar-refractivity contribution is -0.162. The van der Waals surface area contributed by atoms with Crippen LogP contribution in [0.1, 0.15) is 175 Å². The summed E-state index contributed by atoms with van der Waals surface area (Å²) in [6, 6.07) is 0. The number of carbonyl (C=O) groups excluding carboxylic acids is 2. The molecular formula is C51H82O5. The monoisotopic (exact) mass is 775 g/mol. The quantitative estimate of drug-likeness (QED) is 0.0354. The minimum Gasteiger partial charge on any atom is -0.462 e. The van der Waals surface area contributed by atoms with Crippen LogP contribution < -0.4 is 0 Å². The van der Waals surface area contributed by atoms with E-state index >= 15 is 0 Å². The number of allylic oxidation sites excluding steroid dienone is 18. The molecule has 0 aromatic heterocycles. The van der Waals surface area contributed by atoms with E-state index in [1.165, 1.54) is 38.5 Å². The van der Waals surface area contributed by atoms with E-state index < -0.39 is 6.10 Å². The summed E-state index contributed by atoms with van der Waals surface area (Å²) in [7, 11) is 0. The smallest absolute Gasteiger partial charge is 0.306 e. The SMILES string of the molecule is CC/C=C\C/C=C\C/C=C\C/C=C\C/C=C\C/C=C\CCC(=O)OCC(COCCCCCCCCCC)OC(=O)CCCCC/C=C\C/C=C\C/C=C\CC. The first-order valence-corrected chi connectivity index (χ1v) is 22.4. The fraction of sp³-hybridized carbons (Fsp3) is 0.608. The molecule has 5 heteroatoms. The van der Waals surface area contributed by atoms with Crippen molar-refractivity contribution < 1.29 is 23.8 Å². The maximum atomic E-state index is 12.7. The molecule has 316 valence electrons. The molecule has 0 aliphatic rings. The van der Waals surface area contributed by atoms with Gasteiger partial charge in [-0.15, -0.1) is 0 Å². The number of ether oxygens (including phenoxy) is 3. The summed E-state index contributed by atoms with van der Waals surface area (Å²) in [6.07, 6.45) is 62.5. The van der Waals surface area contributed by atoms with Crippen LogP contribution in [0.2, 0.25) is 0 Å². The number of unbranched alkanes of at least 4 members (excludes halogenated alkanes) is 10. The number of carbonyl (C=O) groups is 2. The second-order valence-electron chi connectivity index (χ2n) is 14.2. The second-order valence-corrected chi connectivity index (χ2v) is 14.2. The van der Waals surface area contributed by atoms with Gasteiger partial charge in [0, 0.05) is 19.4 Å². The molecule has 0 radical (unpaired) electrons. The molecular weight excluding hydrogens is 693 g/mol. The summed E-state index contributed by atoms with van der Waals surface area (Å²) < 4.78 is 17.1. The summed E-state index contributed by atoms with van der Waals surface area (Å²) in [5.41, 5.74) is 0. The molecule has 1 atom stereocenters. The Bertz CT molecular complexity index is 1150. The fourth-order valence-electron chi connectivity index (χ4n) is 5.55.